The number of aromatic amines is 1. The van der Waals surface area contributed by atoms with E-state index < -0.39 is 0 Å². The molecule has 0 radical (unpaired) electrons. The number of nitrogens with zero attached hydrogens (tertiary/aromatic N) is 4. The monoisotopic (exact) mass is 381 g/mol. The maximum Gasteiger partial charge on any atom is 0.240 e. The summed E-state index contributed by atoms with van der Waals surface area (Å²) < 4.78 is 7.41. The van der Waals surface area contributed by atoms with Gasteiger partial charge in [-0.2, -0.15) is 5.10 Å². The Hall–Kier alpha value is -2.86. The summed E-state index contributed by atoms with van der Waals surface area (Å²) in [6, 6.07) is 9.49. The van der Waals surface area contributed by atoms with Crippen LogP contribution in [0.2, 0.25) is 5.02 Å². The molecule has 0 unspecified atom stereocenters. The molecule has 0 saturated carbocycles. The van der Waals surface area contributed by atoms with Crippen LogP contribution < -0.4 is 4.74 Å². The third-order valence-electron chi connectivity index (χ3n) is 4.33. The van der Waals surface area contributed by atoms with Crippen LogP contribution in [0.25, 0.3) is 33.7 Å². The largest absolute Gasteiger partial charge is 0.479 e. The van der Waals surface area contributed by atoms with Crippen LogP contribution in [0.4, 0.5) is 0 Å². The molecule has 0 atom stereocenters. The van der Waals surface area contributed by atoms with E-state index in [9.17, 15) is 0 Å². The number of hydrogen-bond donors (Lipinski definition) is 1. The Morgan fingerprint density at radius 1 is 1.15 bits per heavy atom. The van der Waals surface area contributed by atoms with Gasteiger partial charge in [0.25, 0.3) is 0 Å². The van der Waals surface area contributed by atoms with Gasteiger partial charge < -0.3 is 9.72 Å². The average molecular weight is 382 g/mol. The van der Waals surface area contributed by atoms with Crippen molar-refractivity contribution >= 4 is 22.6 Å². The average Bonchev–Trinajstić information content (AvgIpc) is 3.27. The van der Waals surface area contributed by atoms with Crippen LogP contribution in [0.1, 0.15) is 20.8 Å². The molecule has 0 saturated heterocycles. The summed E-state index contributed by atoms with van der Waals surface area (Å²) in [5.41, 5.74) is 3.86. The van der Waals surface area contributed by atoms with E-state index in [2.05, 4.69) is 35.8 Å². The number of ether oxygens (including phenoxy) is 1. The summed E-state index contributed by atoms with van der Waals surface area (Å²) in [6.07, 6.45) is 3.78. The number of pyridine rings is 1. The predicted molar refractivity (Wildman–Crippen MR) is 107 cm³/mol. The highest BCUT2D eigenvalue weighted by Gasteiger charge is 2.18. The molecular weight excluding hydrogens is 362 g/mol. The molecule has 0 spiro atoms. The molecule has 0 amide bonds. The number of benzene rings is 1. The van der Waals surface area contributed by atoms with Gasteiger partial charge in [-0.1, -0.05) is 29.8 Å². The van der Waals surface area contributed by atoms with Crippen LogP contribution in [-0.2, 0) is 5.54 Å². The number of rotatable bonds is 3. The van der Waals surface area contributed by atoms with Crippen molar-refractivity contribution in [3.05, 3.63) is 47.7 Å². The number of methoxy groups -OCH3 is 1. The SMILES string of the molecule is COc1nc(-c2ccccc2Cl)cc2nc(-c3cnn(C(C)(C)C)c3)[nH]c12. The second-order valence-corrected chi connectivity index (χ2v) is 7.73. The van der Waals surface area contributed by atoms with E-state index in [1.807, 2.05) is 41.2 Å². The minimum Gasteiger partial charge on any atom is -0.479 e. The van der Waals surface area contributed by atoms with Crippen LogP contribution in [0.3, 0.4) is 0 Å². The smallest absolute Gasteiger partial charge is 0.240 e. The molecule has 7 heteroatoms. The fourth-order valence-corrected chi connectivity index (χ4v) is 3.12. The zero-order valence-corrected chi connectivity index (χ0v) is 16.4. The normalized spacial score (nSPS) is 11.9. The van der Waals surface area contributed by atoms with Gasteiger partial charge in [0.05, 0.1) is 35.6 Å². The Bertz CT molecular complexity index is 1120. The Labute approximate surface area is 162 Å². The first-order valence-corrected chi connectivity index (χ1v) is 9.00. The van der Waals surface area contributed by atoms with Crippen molar-refractivity contribution < 1.29 is 4.74 Å². The second kappa shape index (κ2) is 6.39. The van der Waals surface area contributed by atoms with Gasteiger partial charge in [-0.05, 0) is 32.9 Å². The first-order valence-electron chi connectivity index (χ1n) is 8.62. The Kier molecular flexibility index (Phi) is 4.15. The molecule has 138 valence electrons. The van der Waals surface area contributed by atoms with Crippen molar-refractivity contribution in [3.8, 4) is 28.5 Å². The number of H-pyrrole nitrogens is 1. The molecule has 1 aromatic carbocycles. The number of hydrogen-bond acceptors (Lipinski definition) is 4. The van der Waals surface area contributed by atoms with Gasteiger partial charge in [0.2, 0.25) is 5.88 Å². The van der Waals surface area contributed by atoms with Crippen molar-refractivity contribution in [3.63, 3.8) is 0 Å². The molecule has 0 aliphatic heterocycles. The van der Waals surface area contributed by atoms with Crippen LogP contribution in [-0.4, -0.2) is 31.8 Å². The number of imidazole rings is 1. The lowest BCUT2D eigenvalue weighted by Gasteiger charge is -2.18. The van der Waals surface area contributed by atoms with Crippen molar-refractivity contribution in [1.29, 1.82) is 0 Å². The molecule has 6 nitrogen and oxygen atoms in total. The standard InChI is InChI=1S/C20H20ClN5O/c1-20(2,3)26-11-12(10-22-26)18-23-16-9-15(13-7-5-6-8-14(13)21)24-19(27-4)17(16)25-18/h5-11H,1-4H3,(H,23,25). The lowest BCUT2D eigenvalue weighted by atomic mass is 10.1. The molecular formula is C20H20ClN5O. The van der Waals surface area contributed by atoms with E-state index in [4.69, 9.17) is 21.3 Å². The van der Waals surface area contributed by atoms with Gasteiger partial charge in [-0.3, -0.25) is 4.68 Å². The third-order valence-corrected chi connectivity index (χ3v) is 4.66. The van der Waals surface area contributed by atoms with E-state index in [1.165, 1.54) is 0 Å². The van der Waals surface area contributed by atoms with E-state index in [-0.39, 0.29) is 5.54 Å². The summed E-state index contributed by atoms with van der Waals surface area (Å²) in [4.78, 5) is 12.6. The molecule has 4 rings (SSSR count). The van der Waals surface area contributed by atoms with Crippen LogP contribution >= 0.6 is 11.6 Å². The van der Waals surface area contributed by atoms with Crippen LogP contribution in [0, 0.1) is 0 Å². The fourth-order valence-electron chi connectivity index (χ4n) is 2.88. The maximum absolute atomic E-state index is 6.33. The molecule has 3 heterocycles. The summed E-state index contributed by atoms with van der Waals surface area (Å²) in [5, 5.41) is 5.08. The fraction of sp³-hybridized carbons (Fsp3) is 0.250. The van der Waals surface area contributed by atoms with E-state index in [0.29, 0.717) is 16.6 Å². The highest BCUT2D eigenvalue weighted by atomic mass is 35.5. The summed E-state index contributed by atoms with van der Waals surface area (Å²) >= 11 is 6.33. The molecule has 27 heavy (non-hydrogen) atoms. The van der Waals surface area contributed by atoms with E-state index in [1.54, 1.807) is 13.3 Å². The van der Waals surface area contributed by atoms with Gasteiger partial charge in [-0.25, -0.2) is 9.97 Å². The zero-order valence-electron chi connectivity index (χ0n) is 15.6. The van der Waals surface area contributed by atoms with Gasteiger partial charge in [0, 0.05) is 16.8 Å². The van der Waals surface area contributed by atoms with Gasteiger partial charge in [0.1, 0.15) is 11.3 Å². The van der Waals surface area contributed by atoms with Gasteiger partial charge >= 0.3 is 0 Å². The Morgan fingerprint density at radius 2 is 1.93 bits per heavy atom. The topological polar surface area (TPSA) is 68.6 Å². The zero-order chi connectivity index (χ0) is 19.2. The van der Waals surface area contributed by atoms with E-state index in [0.717, 1.165) is 28.0 Å². The van der Waals surface area contributed by atoms with Crippen LogP contribution in [0.5, 0.6) is 5.88 Å². The number of nitrogens with one attached hydrogen (secondary N) is 1. The molecule has 4 aromatic rings. The van der Waals surface area contributed by atoms with Crippen molar-refractivity contribution in [2.75, 3.05) is 7.11 Å². The van der Waals surface area contributed by atoms with Crippen molar-refractivity contribution in [2.45, 2.75) is 26.3 Å². The van der Waals surface area contributed by atoms with Crippen molar-refractivity contribution in [2.24, 2.45) is 0 Å². The third kappa shape index (κ3) is 3.17. The predicted octanol–water partition coefficient (Wildman–Crippen LogP) is 4.91. The molecule has 0 fully saturated rings. The lowest BCUT2D eigenvalue weighted by Crippen LogP contribution is -2.21. The molecule has 1 N–H and O–H groups in total. The van der Waals surface area contributed by atoms with Gasteiger partial charge in [0.15, 0.2) is 0 Å². The number of fused-ring (bicyclic) bond motifs is 1. The highest BCUT2D eigenvalue weighted by molar-refractivity contribution is 6.33. The lowest BCUT2D eigenvalue weighted by molar-refractivity contribution is 0.355. The number of halogens is 1. The summed E-state index contributed by atoms with van der Waals surface area (Å²) in [5.74, 6) is 1.20. The quantitative estimate of drug-likeness (QED) is 0.547. The van der Waals surface area contributed by atoms with Gasteiger partial charge in [-0.15, -0.1) is 0 Å². The molecule has 0 aliphatic rings. The number of aromatic nitrogens is 5. The van der Waals surface area contributed by atoms with Crippen LogP contribution in [0.15, 0.2) is 42.7 Å². The second-order valence-electron chi connectivity index (χ2n) is 7.32. The summed E-state index contributed by atoms with van der Waals surface area (Å²) in [6.45, 7) is 6.31. The minimum atomic E-state index is -0.0965. The van der Waals surface area contributed by atoms with E-state index >= 15 is 0 Å². The molecule has 0 bridgehead atoms. The minimum absolute atomic E-state index is 0.0965. The first kappa shape index (κ1) is 17.5. The van der Waals surface area contributed by atoms with Crippen molar-refractivity contribution in [1.82, 2.24) is 24.7 Å². The molecule has 0 aliphatic carbocycles. The highest BCUT2D eigenvalue weighted by Crippen LogP contribution is 2.33. The Balaban J connectivity index is 1.85. The maximum atomic E-state index is 6.33. The Morgan fingerprint density at radius 3 is 2.59 bits per heavy atom. The molecule has 3 aromatic heterocycles. The summed E-state index contributed by atoms with van der Waals surface area (Å²) in [7, 11) is 1.59. The first-order chi connectivity index (χ1) is 12.9.